The van der Waals surface area contributed by atoms with Gasteiger partial charge in [-0.1, -0.05) is 43.7 Å². The summed E-state index contributed by atoms with van der Waals surface area (Å²) in [6.45, 7) is 5.58. The molecule has 0 bridgehead atoms. The van der Waals surface area contributed by atoms with Gasteiger partial charge in [0.1, 0.15) is 0 Å². The summed E-state index contributed by atoms with van der Waals surface area (Å²) < 4.78 is 5.58. The number of hydrogen-bond acceptors (Lipinski definition) is 3. The maximum Gasteiger partial charge on any atom is 0.191 e. The summed E-state index contributed by atoms with van der Waals surface area (Å²) >= 11 is 0. The number of guanidine groups is 1. The van der Waals surface area contributed by atoms with Gasteiger partial charge in [-0.3, -0.25) is 4.99 Å². The third kappa shape index (κ3) is 10.1. The van der Waals surface area contributed by atoms with Crippen molar-refractivity contribution in [3.8, 4) is 0 Å². The fraction of sp³-hybridized carbons (Fsp3) is 0.650. The molecule has 142 valence electrons. The van der Waals surface area contributed by atoms with E-state index < -0.39 is 0 Å². The fourth-order valence-electron chi connectivity index (χ4n) is 2.49. The number of nitrogens with zero attached hydrogens (tertiary/aromatic N) is 2. The van der Waals surface area contributed by atoms with E-state index in [9.17, 15) is 0 Å². The molecule has 5 nitrogen and oxygen atoms in total. The maximum atomic E-state index is 5.58. The van der Waals surface area contributed by atoms with Crippen molar-refractivity contribution in [2.75, 3.05) is 47.4 Å². The molecule has 1 rings (SSSR count). The summed E-state index contributed by atoms with van der Waals surface area (Å²) in [5.41, 5.74) is 1.36. The molecule has 0 spiro atoms. The number of benzene rings is 1. The van der Waals surface area contributed by atoms with Crippen LogP contribution in [0.3, 0.4) is 0 Å². The number of aliphatic imine (C=N–C) groups is 1. The van der Waals surface area contributed by atoms with Crippen molar-refractivity contribution in [1.82, 2.24) is 15.5 Å². The van der Waals surface area contributed by atoms with Gasteiger partial charge in [-0.25, -0.2) is 0 Å². The average molecular weight is 349 g/mol. The van der Waals surface area contributed by atoms with E-state index in [0.29, 0.717) is 6.04 Å². The Bertz CT molecular complexity index is 462. The summed E-state index contributed by atoms with van der Waals surface area (Å²) in [4.78, 5) is 6.57. The van der Waals surface area contributed by atoms with Gasteiger partial charge in [-0.15, -0.1) is 0 Å². The zero-order valence-corrected chi connectivity index (χ0v) is 16.4. The smallest absolute Gasteiger partial charge is 0.191 e. The largest absolute Gasteiger partial charge is 0.381 e. The highest BCUT2D eigenvalue weighted by atomic mass is 16.5. The third-order valence-electron chi connectivity index (χ3n) is 4.17. The van der Waals surface area contributed by atoms with Crippen LogP contribution < -0.4 is 10.6 Å². The second-order valence-corrected chi connectivity index (χ2v) is 6.51. The van der Waals surface area contributed by atoms with Crippen LogP contribution in [0.5, 0.6) is 0 Å². The molecule has 25 heavy (non-hydrogen) atoms. The van der Waals surface area contributed by atoms with Crippen LogP contribution in [0.25, 0.3) is 0 Å². The predicted octanol–water partition coefficient (Wildman–Crippen LogP) is 2.53. The first-order valence-electron chi connectivity index (χ1n) is 9.40. The van der Waals surface area contributed by atoms with Crippen molar-refractivity contribution in [3.63, 3.8) is 0 Å². The molecule has 0 aliphatic heterocycles. The van der Waals surface area contributed by atoms with Crippen LogP contribution >= 0.6 is 0 Å². The Morgan fingerprint density at radius 2 is 1.84 bits per heavy atom. The Labute approximate surface area is 153 Å². The molecule has 0 heterocycles. The zero-order valence-electron chi connectivity index (χ0n) is 16.4. The Hall–Kier alpha value is -1.59. The molecule has 1 aromatic rings. The first-order chi connectivity index (χ1) is 12.2. The minimum Gasteiger partial charge on any atom is -0.381 e. The van der Waals surface area contributed by atoms with Crippen LogP contribution in [0.2, 0.25) is 0 Å². The summed E-state index contributed by atoms with van der Waals surface area (Å²) in [6, 6.07) is 11.0. The van der Waals surface area contributed by atoms with E-state index >= 15 is 0 Å². The van der Waals surface area contributed by atoms with Crippen molar-refractivity contribution in [3.05, 3.63) is 35.9 Å². The third-order valence-corrected chi connectivity index (χ3v) is 4.17. The topological polar surface area (TPSA) is 48.9 Å². The molecule has 0 radical (unpaired) electrons. The minimum absolute atomic E-state index is 0.415. The highest BCUT2D eigenvalue weighted by Gasteiger charge is 2.12. The Kier molecular flexibility index (Phi) is 11.7. The Morgan fingerprint density at radius 1 is 1.12 bits per heavy atom. The number of hydrogen-bond donors (Lipinski definition) is 2. The number of ether oxygens (including phenoxy) is 1. The molecule has 0 aromatic heterocycles. The first-order valence-corrected chi connectivity index (χ1v) is 9.40. The van der Waals surface area contributed by atoms with Crippen LogP contribution in [0, 0.1) is 0 Å². The van der Waals surface area contributed by atoms with E-state index in [1.807, 2.05) is 7.05 Å². The molecular formula is C20H36N4O. The van der Waals surface area contributed by atoms with Crippen LogP contribution in [-0.2, 0) is 11.2 Å². The van der Waals surface area contributed by atoms with Crippen molar-refractivity contribution in [1.29, 1.82) is 0 Å². The zero-order chi connectivity index (χ0) is 18.3. The van der Waals surface area contributed by atoms with E-state index in [-0.39, 0.29) is 0 Å². The molecule has 0 fully saturated rings. The van der Waals surface area contributed by atoms with Crippen molar-refractivity contribution >= 4 is 5.96 Å². The van der Waals surface area contributed by atoms with Crippen LogP contribution in [0.15, 0.2) is 35.3 Å². The lowest BCUT2D eigenvalue weighted by Crippen LogP contribution is -2.46. The van der Waals surface area contributed by atoms with Crippen molar-refractivity contribution in [2.24, 2.45) is 4.99 Å². The quantitative estimate of drug-likeness (QED) is 0.346. The number of likely N-dealkylation sites (N-methyl/N-ethyl adjacent to an activating group) is 1. The molecule has 1 aromatic carbocycles. The van der Waals surface area contributed by atoms with Crippen LogP contribution in [-0.4, -0.2) is 64.3 Å². The molecule has 0 saturated carbocycles. The van der Waals surface area contributed by atoms with Gasteiger partial charge in [0.2, 0.25) is 0 Å². The fourth-order valence-corrected chi connectivity index (χ4v) is 2.49. The lowest BCUT2D eigenvalue weighted by molar-refractivity contribution is 0.129. The maximum absolute atomic E-state index is 5.58. The summed E-state index contributed by atoms with van der Waals surface area (Å²) in [6.07, 6.45) is 4.34. The lowest BCUT2D eigenvalue weighted by atomic mass is 10.1. The van der Waals surface area contributed by atoms with Gasteiger partial charge in [0.15, 0.2) is 5.96 Å². The molecule has 2 N–H and O–H groups in total. The Balaban J connectivity index is 2.28. The Morgan fingerprint density at radius 3 is 2.48 bits per heavy atom. The summed E-state index contributed by atoms with van der Waals surface area (Å²) in [7, 11) is 6.06. The standard InChI is InChI=1S/C20H36N4O/c1-5-6-14-25-15-10-13-22-20(21-2)23-17-19(24(3)4)16-18-11-8-7-9-12-18/h7-9,11-12,19H,5-6,10,13-17H2,1-4H3,(H2,21,22,23). The lowest BCUT2D eigenvalue weighted by Gasteiger charge is -2.25. The van der Waals surface area contributed by atoms with Gasteiger partial charge in [0, 0.05) is 39.4 Å². The van der Waals surface area contributed by atoms with E-state index in [4.69, 9.17) is 4.74 Å². The van der Waals surface area contributed by atoms with E-state index in [1.165, 1.54) is 12.0 Å². The molecule has 0 saturated heterocycles. The van der Waals surface area contributed by atoms with Gasteiger partial charge in [0.05, 0.1) is 0 Å². The second kappa shape index (κ2) is 13.7. The molecule has 0 aliphatic rings. The van der Waals surface area contributed by atoms with Gasteiger partial charge < -0.3 is 20.3 Å². The minimum atomic E-state index is 0.415. The van der Waals surface area contributed by atoms with E-state index in [0.717, 1.165) is 51.5 Å². The molecule has 1 unspecified atom stereocenters. The monoisotopic (exact) mass is 348 g/mol. The van der Waals surface area contributed by atoms with Gasteiger partial charge in [-0.05, 0) is 38.9 Å². The SMILES string of the molecule is CCCCOCCCNC(=NC)NCC(Cc1ccccc1)N(C)C. The number of rotatable bonds is 12. The highest BCUT2D eigenvalue weighted by molar-refractivity contribution is 5.79. The average Bonchev–Trinajstić information content (AvgIpc) is 2.63. The number of nitrogens with one attached hydrogen (secondary N) is 2. The van der Waals surface area contributed by atoms with Crippen molar-refractivity contribution < 1.29 is 4.74 Å². The van der Waals surface area contributed by atoms with Crippen molar-refractivity contribution in [2.45, 2.75) is 38.6 Å². The summed E-state index contributed by atoms with van der Waals surface area (Å²) in [5.74, 6) is 0.855. The summed E-state index contributed by atoms with van der Waals surface area (Å²) in [5, 5.41) is 6.80. The molecular weight excluding hydrogens is 312 g/mol. The predicted molar refractivity (Wildman–Crippen MR) is 107 cm³/mol. The molecule has 0 aliphatic carbocycles. The molecule has 1 atom stereocenters. The van der Waals surface area contributed by atoms with Gasteiger partial charge in [-0.2, -0.15) is 0 Å². The van der Waals surface area contributed by atoms with Gasteiger partial charge in [0.25, 0.3) is 0 Å². The second-order valence-electron chi connectivity index (χ2n) is 6.51. The van der Waals surface area contributed by atoms with Crippen LogP contribution in [0.4, 0.5) is 0 Å². The molecule has 5 heteroatoms. The van der Waals surface area contributed by atoms with Gasteiger partial charge >= 0.3 is 0 Å². The highest BCUT2D eigenvalue weighted by Crippen LogP contribution is 2.06. The van der Waals surface area contributed by atoms with E-state index in [2.05, 4.69) is 71.9 Å². The van der Waals surface area contributed by atoms with E-state index in [1.54, 1.807) is 0 Å². The number of unbranched alkanes of at least 4 members (excludes halogenated alkanes) is 1. The van der Waals surface area contributed by atoms with Crippen LogP contribution in [0.1, 0.15) is 31.7 Å². The normalized spacial score (nSPS) is 13.1. The first kappa shape index (κ1) is 21.5. The molecule has 0 amide bonds.